The van der Waals surface area contributed by atoms with Gasteiger partial charge in [-0.05, 0) is 24.5 Å². The van der Waals surface area contributed by atoms with Gasteiger partial charge in [0.05, 0.1) is 5.57 Å². The average molecular weight is 270 g/mol. The largest absolute Gasteiger partial charge is 0.416 e. The Morgan fingerprint density at radius 3 is 2.53 bits per heavy atom. The predicted octanol–water partition coefficient (Wildman–Crippen LogP) is 2.66. The molecule has 6 heteroatoms. The first-order valence-corrected chi connectivity index (χ1v) is 5.09. The van der Waals surface area contributed by atoms with E-state index in [-0.39, 0.29) is 11.3 Å². The maximum absolute atomic E-state index is 12.6. The summed E-state index contributed by atoms with van der Waals surface area (Å²) in [6.07, 6.45) is 4.36. The van der Waals surface area contributed by atoms with Crippen molar-refractivity contribution < 1.29 is 18.3 Å². The van der Waals surface area contributed by atoms with E-state index in [4.69, 9.17) is 11.5 Å². The molecule has 0 aromatic carbocycles. The molecule has 0 aromatic rings. The number of hydrogen-bond acceptors (Lipinski definition) is 2. The first-order chi connectivity index (χ1) is 8.86. The maximum Gasteiger partial charge on any atom is 0.416 e. The molecule has 0 radical (unpaired) electrons. The Bertz CT molecular complexity index is 477. The molecule has 0 aromatic heterocycles. The number of halogens is 3. The lowest BCUT2D eigenvalue weighted by molar-refractivity contribution is -0.0882. The molecule has 0 unspecified atom stereocenters. The fourth-order valence-electron chi connectivity index (χ4n) is 1.04. The number of allylic oxidation sites excluding steroid dienone is 5. The Morgan fingerprint density at radius 2 is 2.11 bits per heavy atom. The van der Waals surface area contributed by atoms with Crippen molar-refractivity contribution in [3.05, 3.63) is 36.0 Å². The van der Waals surface area contributed by atoms with E-state index in [1.54, 1.807) is 0 Å². The highest BCUT2D eigenvalue weighted by molar-refractivity contribution is 6.14. The van der Waals surface area contributed by atoms with Gasteiger partial charge in [-0.3, -0.25) is 0 Å². The molecule has 0 atom stereocenters. The zero-order valence-corrected chi connectivity index (χ0v) is 10.3. The fraction of sp³-hybridized carbons (Fsp3) is 0.231. The minimum absolute atomic E-state index is 0.00332. The van der Waals surface area contributed by atoms with Crippen molar-refractivity contribution in [2.45, 2.75) is 13.1 Å². The Hall–Kier alpha value is -2.13. The summed E-state index contributed by atoms with van der Waals surface area (Å²) >= 11 is 0. The molecule has 0 saturated carbocycles. The molecule has 19 heavy (non-hydrogen) atoms. The lowest BCUT2D eigenvalue weighted by Crippen LogP contribution is -2.11. The zero-order valence-electron chi connectivity index (χ0n) is 10.3. The molecule has 0 saturated heterocycles. The number of aliphatic hydroxyl groups is 1. The molecule has 0 spiro atoms. The highest BCUT2D eigenvalue weighted by Gasteiger charge is 2.31. The van der Waals surface area contributed by atoms with Crippen molar-refractivity contribution in [2.75, 3.05) is 6.73 Å². The molecule has 0 amide bonds. The molecule has 0 aliphatic rings. The SMILES string of the molecule is C#CC(=N\C=N/CO)/C(C)=C/C(=C\C=C)C(F)(F)F. The molecule has 102 valence electrons. The quantitative estimate of drug-likeness (QED) is 0.355. The number of alkyl halides is 3. The van der Waals surface area contributed by atoms with Crippen molar-refractivity contribution in [1.82, 2.24) is 0 Å². The van der Waals surface area contributed by atoms with Crippen molar-refractivity contribution in [3.63, 3.8) is 0 Å². The number of aliphatic hydroxyl groups excluding tert-OH is 1. The van der Waals surface area contributed by atoms with Gasteiger partial charge in [0, 0.05) is 0 Å². The van der Waals surface area contributed by atoms with E-state index in [0.717, 1.165) is 24.6 Å². The van der Waals surface area contributed by atoms with Crippen LogP contribution in [0, 0.1) is 12.3 Å². The summed E-state index contributed by atoms with van der Waals surface area (Å²) in [5.41, 5.74) is -0.740. The van der Waals surface area contributed by atoms with Crippen LogP contribution in [0.15, 0.2) is 45.9 Å². The van der Waals surface area contributed by atoms with Gasteiger partial charge >= 0.3 is 6.18 Å². The maximum atomic E-state index is 12.6. The minimum atomic E-state index is -4.51. The third kappa shape index (κ3) is 6.38. The second-order valence-corrected chi connectivity index (χ2v) is 3.24. The van der Waals surface area contributed by atoms with Gasteiger partial charge in [-0.15, -0.1) is 6.42 Å². The number of terminal acetylenes is 1. The van der Waals surface area contributed by atoms with Gasteiger partial charge in [-0.2, -0.15) is 13.2 Å². The van der Waals surface area contributed by atoms with Gasteiger partial charge in [0.25, 0.3) is 0 Å². The smallest absolute Gasteiger partial charge is 0.374 e. The van der Waals surface area contributed by atoms with Gasteiger partial charge in [-0.1, -0.05) is 18.7 Å². The monoisotopic (exact) mass is 270 g/mol. The molecule has 0 heterocycles. The topological polar surface area (TPSA) is 45.0 Å². The average Bonchev–Trinajstić information content (AvgIpc) is 2.33. The number of nitrogens with zero attached hydrogens (tertiary/aromatic N) is 2. The van der Waals surface area contributed by atoms with Crippen LogP contribution in [0.1, 0.15) is 6.92 Å². The molecule has 3 nitrogen and oxygen atoms in total. The van der Waals surface area contributed by atoms with Gasteiger partial charge in [0.15, 0.2) is 0 Å². The van der Waals surface area contributed by atoms with E-state index >= 15 is 0 Å². The number of rotatable bonds is 5. The first-order valence-electron chi connectivity index (χ1n) is 5.09. The predicted molar refractivity (Wildman–Crippen MR) is 69.9 cm³/mol. The van der Waals surface area contributed by atoms with Crippen molar-refractivity contribution >= 4 is 12.1 Å². The summed E-state index contributed by atoms with van der Waals surface area (Å²) in [7, 11) is 0. The summed E-state index contributed by atoms with van der Waals surface area (Å²) in [4.78, 5) is 7.04. The van der Waals surface area contributed by atoms with Crippen LogP contribution in [0.25, 0.3) is 0 Å². The van der Waals surface area contributed by atoms with Gasteiger partial charge in [0.2, 0.25) is 0 Å². The Balaban J connectivity index is 5.41. The van der Waals surface area contributed by atoms with E-state index in [0.29, 0.717) is 0 Å². The van der Waals surface area contributed by atoms with Crippen molar-refractivity contribution in [2.24, 2.45) is 9.98 Å². The third-order valence-corrected chi connectivity index (χ3v) is 1.86. The molecular formula is C13H13F3N2O. The van der Waals surface area contributed by atoms with Gasteiger partial charge in [0.1, 0.15) is 18.8 Å². The fourth-order valence-corrected chi connectivity index (χ4v) is 1.04. The van der Waals surface area contributed by atoms with E-state index in [1.165, 1.54) is 6.92 Å². The van der Waals surface area contributed by atoms with Crippen LogP contribution in [0.2, 0.25) is 0 Å². The van der Waals surface area contributed by atoms with Crippen LogP contribution >= 0.6 is 0 Å². The van der Waals surface area contributed by atoms with Crippen LogP contribution in [0.4, 0.5) is 13.2 Å². The summed E-state index contributed by atoms with van der Waals surface area (Å²) in [6, 6.07) is 0. The lowest BCUT2D eigenvalue weighted by Gasteiger charge is -2.08. The lowest BCUT2D eigenvalue weighted by atomic mass is 10.1. The molecule has 0 aliphatic heterocycles. The Labute approximate surface area is 109 Å². The highest BCUT2D eigenvalue weighted by atomic mass is 19.4. The van der Waals surface area contributed by atoms with Crippen molar-refractivity contribution in [1.29, 1.82) is 0 Å². The molecule has 0 bridgehead atoms. The first kappa shape index (κ1) is 16.9. The summed E-state index contributed by atoms with van der Waals surface area (Å²) in [6.45, 7) is 4.14. The number of hydrogen-bond donors (Lipinski definition) is 1. The number of aliphatic imine (C=N–C) groups is 2. The van der Waals surface area contributed by atoms with Crippen LogP contribution < -0.4 is 0 Å². The van der Waals surface area contributed by atoms with E-state index in [9.17, 15) is 13.2 Å². The molecule has 1 N–H and O–H groups in total. The third-order valence-electron chi connectivity index (χ3n) is 1.86. The Morgan fingerprint density at radius 1 is 1.47 bits per heavy atom. The van der Waals surface area contributed by atoms with E-state index in [2.05, 4.69) is 22.5 Å². The molecule has 0 aliphatic carbocycles. The van der Waals surface area contributed by atoms with Crippen molar-refractivity contribution in [3.8, 4) is 12.3 Å². The summed E-state index contributed by atoms with van der Waals surface area (Å²) < 4.78 is 37.9. The van der Waals surface area contributed by atoms with E-state index in [1.807, 2.05) is 0 Å². The molecule has 0 rings (SSSR count). The van der Waals surface area contributed by atoms with Crippen LogP contribution in [0.5, 0.6) is 0 Å². The standard InChI is InChI=1S/C13H13F3N2O/c1-4-6-11(13(14,15)16)7-10(3)12(5-2)18-8-17-9-19/h2,4,6-8,19H,1,9H2,3H3/b10-7+,11-6+,17-8-,18-12+. The minimum Gasteiger partial charge on any atom is -0.374 e. The summed E-state index contributed by atoms with van der Waals surface area (Å²) in [5.74, 6) is 2.15. The zero-order chi connectivity index (χ0) is 14.9. The van der Waals surface area contributed by atoms with Crippen LogP contribution in [0.3, 0.4) is 0 Å². The highest BCUT2D eigenvalue weighted by Crippen LogP contribution is 2.27. The summed E-state index contributed by atoms with van der Waals surface area (Å²) in [5, 5.41) is 8.41. The van der Waals surface area contributed by atoms with Gasteiger partial charge < -0.3 is 5.11 Å². The molecule has 0 fully saturated rings. The second-order valence-electron chi connectivity index (χ2n) is 3.24. The van der Waals surface area contributed by atoms with Gasteiger partial charge in [-0.25, -0.2) is 9.98 Å². The normalized spacial score (nSPS) is 14.6. The second kappa shape index (κ2) is 8.06. The van der Waals surface area contributed by atoms with E-state index < -0.39 is 18.5 Å². The van der Waals surface area contributed by atoms with Crippen LogP contribution in [-0.2, 0) is 0 Å². The Kier molecular flexibility index (Phi) is 7.15. The van der Waals surface area contributed by atoms with Crippen LogP contribution in [-0.4, -0.2) is 30.1 Å². The molecular weight excluding hydrogens is 257 g/mol.